The Morgan fingerprint density at radius 2 is 1.93 bits per heavy atom. The van der Waals surface area contributed by atoms with Crippen LogP contribution in [0.25, 0.3) is 0 Å². The molecule has 162 valence electrons. The third kappa shape index (κ3) is 4.99. The Labute approximate surface area is 176 Å². The van der Waals surface area contributed by atoms with E-state index in [1.54, 1.807) is 0 Å². The van der Waals surface area contributed by atoms with E-state index in [1.165, 1.54) is 5.56 Å². The molecule has 8 heteroatoms. The number of benzene rings is 1. The fourth-order valence-electron chi connectivity index (χ4n) is 4.12. The van der Waals surface area contributed by atoms with E-state index in [0.29, 0.717) is 11.7 Å². The van der Waals surface area contributed by atoms with Crippen molar-refractivity contribution in [2.75, 3.05) is 32.9 Å². The van der Waals surface area contributed by atoms with Crippen LogP contribution in [0.5, 0.6) is 5.75 Å². The molecule has 2 saturated heterocycles. The molecule has 0 saturated carbocycles. The normalized spacial score (nSPS) is 20.2. The Hall–Kier alpha value is -2.45. The molecule has 2 aliphatic heterocycles. The van der Waals surface area contributed by atoms with Crippen LogP contribution in [0, 0.1) is 0 Å². The molecular weight excluding hydrogens is 384 g/mol. The highest BCUT2D eigenvalue weighted by Gasteiger charge is 2.36. The van der Waals surface area contributed by atoms with Crippen molar-refractivity contribution in [3.8, 4) is 5.75 Å². The predicted octanol–water partition coefficient (Wildman–Crippen LogP) is 2.38. The van der Waals surface area contributed by atoms with Gasteiger partial charge in [-0.1, -0.05) is 24.2 Å². The zero-order valence-electron chi connectivity index (χ0n) is 17.5. The molecule has 0 atom stereocenters. The van der Waals surface area contributed by atoms with Gasteiger partial charge in [-0.15, -0.1) is 0 Å². The lowest BCUT2D eigenvalue weighted by molar-refractivity contribution is -0.119. The quantitative estimate of drug-likeness (QED) is 0.742. The number of carbonyl (C=O) groups excluding carboxylic acids is 1. The maximum atomic E-state index is 10.8. The van der Waals surface area contributed by atoms with Crippen LogP contribution >= 0.6 is 0 Å². The molecule has 0 aliphatic carbocycles. The summed E-state index contributed by atoms with van der Waals surface area (Å²) < 4.78 is 16.4. The second-order valence-corrected chi connectivity index (χ2v) is 8.58. The summed E-state index contributed by atoms with van der Waals surface area (Å²) in [5.41, 5.74) is 6.28. The Morgan fingerprint density at radius 3 is 2.60 bits per heavy atom. The molecule has 0 bridgehead atoms. The summed E-state index contributed by atoms with van der Waals surface area (Å²) >= 11 is 0. The molecule has 0 radical (unpaired) electrons. The van der Waals surface area contributed by atoms with Gasteiger partial charge in [0, 0.05) is 31.1 Å². The Kier molecular flexibility index (Phi) is 6.34. The second kappa shape index (κ2) is 9.14. The monoisotopic (exact) mass is 414 g/mol. The molecule has 2 aromatic rings. The number of hydrogen-bond donors (Lipinski definition) is 1. The molecule has 4 rings (SSSR count). The molecule has 2 N–H and O–H groups in total. The Balaban J connectivity index is 1.30. The van der Waals surface area contributed by atoms with Crippen LogP contribution in [-0.2, 0) is 21.5 Å². The average molecular weight is 415 g/mol. The van der Waals surface area contributed by atoms with Crippen molar-refractivity contribution in [3.63, 3.8) is 0 Å². The first-order valence-electron chi connectivity index (χ1n) is 10.7. The van der Waals surface area contributed by atoms with E-state index in [1.807, 2.05) is 24.3 Å². The van der Waals surface area contributed by atoms with E-state index in [4.69, 9.17) is 24.7 Å². The van der Waals surface area contributed by atoms with Gasteiger partial charge < -0.3 is 19.7 Å². The number of rotatable bonds is 7. The number of aromatic nitrogens is 2. The zero-order valence-corrected chi connectivity index (χ0v) is 17.5. The van der Waals surface area contributed by atoms with Crippen molar-refractivity contribution in [2.45, 2.75) is 50.5 Å². The van der Waals surface area contributed by atoms with Crippen molar-refractivity contribution in [2.24, 2.45) is 5.73 Å². The lowest BCUT2D eigenvalue weighted by Gasteiger charge is -2.37. The van der Waals surface area contributed by atoms with Crippen LogP contribution < -0.4 is 10.5 Å². The van der Waals surface area contributed by atoms with E-state index in [-0.39, 0.29) is 12.0 Å². The van der Waals surface area contributed by atoms with Crippen molar-refractivity contribution >= 4 is 5.91 Å². The van der Waals surface area contributed by atoms with Crippen LogP contribution in [0.2, 0.25) is 0 Å². The van der Waals surface area contributed by atoms with E-state index in [2.05, 4.69) is 17.0 Å². The molecular formula is C22H30N4O4. The zero-order chi connectivity index (χ0) is 21.0. The molecule has 1 aromatic heterocycles. The predicted molar refractivity (Wildman–Crippen MR) is 110 cm³/mol. The molecule has 30 heavy (non-hydrogen) atoms. The van der Waals surface area contributed by atoms with Gasteiger partial charge in [0.25, 0.3) is 5.91 Å². The maximum absolute atomic E-state index is 10.8. The smallest absolute Gasteiger partial charge is 0.255 e. The van der Waals surface area contributed by atoms with Gasteiger partial charge in [0.15, 0.2) is 12.4 Å². The van der Waals surface area contributed by atoms with Crippen molar-refractivity contribution in [3.05, 3.63) is 41.5 Å². The first-order chi connectivity index (χ1) is 14.5. The molecule has 8 nitrogen and oxygen atoms in total. The summed E-state index contributed by atoms with van der Waals surface area (Å²) in [6, 6.07) is 7.82. The number of hydrogen-bond acceptors (Lipinski definition) is 7. The average Bonchev–Trinajstić information content (AvgIpc) is 3.27. The van der Waals surface area contributed by atoms with E-state index in [0.717, 1.165) is 70.2 Å². The number of nitrogens with zero attached hydrogens (tertiary/aromatic N) is 3. The van der Waals surface area contributed by atoms with E-state index >= 15 is 0 Å². The third-order valence-electron chi connectivity index (χ3n) is 6.22. The summed E-state index contributed by atoms with van der Waals surface area (Å²) in [7, 11) is 0. The summed E-state index contributed by atoms with van der Waals surface area (Å²) in [5, 5.41) is 4.34. The van der Waals surface area contributed by atoms with Gasteiger partial charge in [-0.2, -0.15) is 4.98 Å². The van der Waals surface area contributed by atoms with E-state index in [9.17, 15) is 4.79 Å². The topological polar surface area (TPSA) is 104 Å². The first kappa shape index (κ1) is 20.8. The van der Waals surface area contributed by atoms with Crippen LogP contribution in [0.4, 0.5) is 0 Å². The Morgan fingerprint density at radius 1 is 1.23 bits per heavy atom. The first-order valence-corrected chi connectivity index (χ1v) is 10.7. The summed E-state index contributed by atoms with van der Waals surface area (Å²) in [4.78, 5) is 18.0. The van der Waals surface area contributed by atoms with Gasteiger partial charge in [0.1, 0.15) is 5.75 Å². The number of nitrogens with two attached hydrogens (primary N) is 1. The van der Waals surface area contributed by atoms with Gasteiger partial charge in [-0.25, -0.2) is 0 Å². The lowest BCUT2D eigenvalue weighted by atomic mass is 9.79. The highest BCUT2D eigenvalue weighted by atomic mass is 16.5. The molecule has 2 fully saturated rings. The fourth-order valence-corrected chi connectivity index (χ4v) is 4.12. The number of piperidine rings is 1. The van der Waals surface area contributed by atoms with Crippen molar-refractivity contribution in [1.82, 2.24) is 15.0 Å². The van der Waals surface area contributed by atoms with Crippen molar-refractivity contribution < 1.29 is 18.8 Å². The van der Waals surface area contributed by atoms with Gasteiger partial charge in [0.05, 0.1) is 0 Å². The highest BCUT2D eigenvalue weighted by molar-refractivity contribution is 5.75. The standard InChI is InChI=1S/C22H30N4O4/c1-22(21-24-20(30-25-21)17-6-12-28-13-7-17)8-10-26(11-9-22)14-16-2-4-18(5-3-16)29-15-19(23)27/h2-5,17H,6-15H2,1H3,(H2,23,27). The molecule has 2 aliphatic rings. The van der Waals surface area contributed by atoms with Crippen LogP contribution in [-0.4, -0.2) is 53.9 Å². The molecule has 0 spiro atoms. The van der Waals surface area contributed by atoms with Crippen molar-refractivity contribution in [1.29, 1.82) is 0 Å². The lowest BCUT2D eigenvalue weighted by Crippen LogP contribution is -2.41. The number of amides is 1. The number of ether oxygens (including phenoxy) is 2. The molecule has 1 amide bonds. The summed E-state index contributed by atoms with van der Waals surface area (Å²) in [6.07, 6.45) is 3.91. The van der Waals surface area contributed by atoms with Gasteiger partial charge in [-0.3, -0.25) is 9.69 Å². The van der Waals surface area contributed by atoms with Crippen LogP contribution in [0.15, 0.2) is 28.8 Å². The van der Waals surface area contributed by atoms with Crippen LogP contribution in [0.3, 0.4) is 0 Å². The van der Waals surface area contributed by atoms with Gasteiger partial charge in [0.2, 0.25) is 5.89 Å². The Bertz CT molecular complexity index is 837. The summed E-state index contributed by atoms with van der Waals surface area (Å²) in [5.74, 6) is 2.13. The fraction of sp³-hybridized carbons (Fsp3) is 0.591. The minimum Gasteiger partial charge on any atom is -0.484 e. The molecule has 0 unspecified atom stereocenters. The van der Waals surface area contributed by atoms with Gasteiger partial charge in [-0.05, 0) is 56.5 Å². The maximum Gasteiger partial charge on any atom is 0.255 e. The highest BCUT2D eigenvalue weighted by Crippen LogP contribution is 2.35. The van der Waals surface area contributed by atoms with Gasteiger partial charge >= 0.3 is 0 Å². The van der Waals surface area contributed by atoms with E-state index < -0.39 is 5.91 Å². The third-order valence-corrected chi connectivity index (χ3v) is 6.22. The number of likely N-dealkylation sites (tertiary alicyclic amines) is 1. The number of carbonyl (C=O) groups is 1. The van der Waals surface area contributed by atoms with Crippen LogP contribution in [0.1, 0.15) is 55.8 Å². The molecule has 1 aromatic carbocycles. The largest absolute Gasteiger partial charge is 0.484 e. The SMILES string of the molecule is CC1(c2noc(C3CCOCC3)n2)CCN(Cc2ccc(OCC(N)=O)cc2)CC1. The number of primary amides is 1. The summed E-state index contributed by atoms with van der Waals surface area (Å²) in [6.45, 7) is 6.53. The minimum atomic E-state index is -0.475. The molecule has 3 heterocycles. The second-order valence-electron chi connectivity index (χ2n) is 8.58. The minimum absolute atomic E-state index is 0.0458.